The van der Waals surface area contributed by atoms with Crippen molar-refractivity contribution in [3.05, 3.63) is 254 Å². The summed E-state index contributed by atoms with van der Waals surface area (Å²) in [5, 5.41) is 19.3. The van der Waals surface area contributed by atoms with Crippen LogP contribution >= 0.6 is 0 Å². The maximum Gasteiger partial charge on any atom is 0.105 e. The van der Waals surface area contributed by atoms with Gasteiger partial charge in [-0.2, -0.15) is 0 Å². The maximum absolute atomic E-state index is 9.63. The van der Waals surface area contributed by atoms with Crippen LogP contribution in [-0.2, 0) is 0 Å². The third-order valence-electron chi connectivity index (χ3n) is 10.5. The Labute approximate surface area is 351 Å². The van der Waals surface area contributed by atoms with Crippen molar-refractivity contribution in [3.63, 3.8) is 0 Å². The minimum absolute atomic E-state index is 0.118. The van der Waals surface area contributed by atoms with Crippen molar-refractivity contribution in [1.82, 2.24) is 0 Å². The van der Waals surface area contributed by atoms with E-state index in [2.05, 4.69) is 117 Å². The molecule has 0 atom stereocenters. The van der Waals surface area contributed by atoms with Crippen LogP contribution in [0, 0.1) is 10.8 Å². The van der Waals surface area contributed by atoms with Crippen molar-refractivity contribution in [2.45, 2.75) is 0 Å². The minimum Gasteiger partial charge on any atom is -0.311 e. The molecule has 9 rings (SSSR count). The Morgan fingerprint density at radius 1 is 0.200 bits per heavy atom. The summed E-state index contributed by atoms with van der Waals surface area (Å²) in [5.74, 6) is 0. The van der Waals surface area contributed by atoms with Crippen LogP contribution in [0.5, 0.6) is 0 Å². The zero-order valence-corrected chi connectivity index (χ0v) is 32.9. The predicted octanol–water partition coefficient (Wildman–Crippen LogP) is 14.4. The highest BCUT2D eigenvalue weighted by atomic mass is 15.2. The first-order valence-corrected chi connectivity index (χ1v) is 20.0. The number of hydrogen-bond acceptors (Lipinski definition) is 6. The van der Waals surface area contributed by atoms with Crippen molar-refractivity contribution < 1.29 is 0 Å². The molecule has 6 nitrogen and oxygen atoms in total. The van der Waals surface area contributed by atoms with Crippen molar-refractivity contribution >= 4 is 68.3 Å². The van der Waals surface area contributed by atoms with Crippen LogP contribution in [0.4, 0.5) is 56.9 Å². The number of allylic oxidation sites excluding steroid dienone is 4. The number of hydrogen-bond donors (Lipinski definition) is 2. The number of benzene rings is 8. The summed E-state index contributed by atoms with van der Waals surface area (Å²) in [5.41, 5.74) is 11.2. The molecule has 1 aliphatic rings. The predicted molar refractivity (Wildman–Crippen MR) is 251 cm³/mol. The van der Waals surface area contributed by atoms with Gasteiger partial charge >= 0.3 is 0 Å². The van der Waals surface area contributed by atoms with Crippen LogP contribution in [0.2, 0.25) is 0 Å². The van der Waals surface area contributed by atoms with E-state index in [0.717, 1.165) is 56.9 Å². The fourth-order valence-corrected chi connectivity index (χ4v) is 7.67. The van der Waals surface area contributed by atoms with E-state index in [4.69, 9.17) is 0 Å². The lowest BCUT2D eigenvalue weighted by Gasteiger charge is -2.34. The highest BCUT2D eigenvalue weighted by molar-refractivity contribution is 6.53. The van der Waals surface area contributed by atoms with Crippen molar-refractivity contribution in [2.75, 3.05) is 19.6 Å². The van der Waals surface area contributed by atoms with Gasteiger partial charge in [0.05, 0.1) is 11.4 Å². The summed E-state index contributed by atoms with van der Waals surface area (Å²) < 4.78 is 0. The smallest absolute Gasteiger partial charge is 0.105 e. The average Bonchev–Trinajstić information content (AvgIpc) is 3.32. The molecule has 6 heteroatoms. The van der Waals surface area contributed by atoms with Gasteiger partial charge in [0.2, 0.25) is 0 Å². The Morgan fingerprint density at radius 3 is 0.583 bits per heavy atom. The molecule has 8 aromatic rings. The van der Waals surface area contributed by atoms with Gasteiger partial charge < -0.3 is 19.6 Å². The van der Waals surface area contributed by atoms with Crippen LogP contribution in [0.1, 0.15) is 0 Å². The van der Waals surface area contributed by atoms with E-state index < -0.39 is 0 Å². The molecule has 60 heavy (non-hydrogen) atoms. The Kier molecular flexibility index (Phi) is 10.6. The van der Waals surface area contributed by atoms with Crippen molar-refractivity contribution in [1.29, 1.82) is 10.8 Å². The standard InChI is InChI=1S/C54H42N6/c55-53-51(59(45-27-15-5-16-28-45)49-35-31-47(32-36-49)57(41-19-7-1-8-20-41)42-21-9-2-10-22-42)39-40-52(54(53)56)60(46-29-17-6-18-30-46)50-37-33-48(34-38-50)58(43-23-11-3-12-24-43)44-25-13-4-14-26-44/h1-40,55-56H. The summed E-state index contributed by atoms with van der Waals surface area (Å²) in [4.78, 5) is 8.59. The molecule has 0 bridgehead atoms. The number of para-hydroxylation sites is 6. The van der Waals surface area contributed by atoms with Gasteiger partial charge in [0.1, 0.15) is 11.4 Å². The first-order chi connectivity index (χ1) is 29.6. The fourth-order valence-electron chi connectivity index (χ4n) is 7.67. The molecule has 2 N–H and O–H groups in total. The van der Waals surface area contributed by atoms with Crippen LogP contribution in [-0.4, -0.2) is 11.4 Å². The zero-order valence-electron chi connectivity index (χ0n) is 32.9. The van der Waals surface area contributed by atoms with Gasteiger partial charge in [0.15, 0.2) is 0 Å². The molecule has 0 saturated carbocycles. The van der Waals surface area contributed by atoms with Gasteiger partial charge in [-0.05, 0) is 133 Å². The second kappa shape index (κ2) is 17.1. The first-order valence-electron chi connectivity index (χ1n) is 20.0. The van der Waals surface area contributed by atoms with Gasteiger partial charge in [-0.25, -0.2) is 0 Å². The fraction of sp³-hybridized carbons (Fsp3) is 0. The Hall–Kier alpha value is -8.22. The molecule has 0 radical (unpaired) electrons. The monoisotopic (exact) mass is 774 g/mol. The van der Waals surface area contributed by atoms with E-state index in [0.29, 0.717) is 11.4 Å². The van der Waals surface area contributed by atoms with Crippen molar-refractivity contribution in [3.8, 4) is 0 Å². The number of rotatable bonds is 12. The van der Waals surface area contributed by atoms with E-state index in [9.17, 15) is 10.8 Å². The van der Waals surface area contributed by atoms with E-state index in [1.165, 1.54) is 0 Å². The number of nitrogens with zero attached hydrogens (tertiary/aromatic N) is 4. The van der Waals surface area contributed by atoms with Gasteiger partial charge in [-0.15, -0.1) is 0 Å². The van der Waals surface area contributed by atoms with E-state index in [1.54, 1.807) is 0 Å². The maximum atomic E-state index is 9.63. The zero-order chi connectivity index (χ0) is 40.7. The average molecular weight is 775 g/mol. The molecular formula is C54H42N6. The van der Waals surface area contributed by atoms with Gasteiger partial charge in [-0.1, -0.05) is 109 Å². The molecule has 1 aliphatic carbocycles. The highest BCUT2D eigenvalue weighted by Crippen LogP contribution is 2.41. The number of anilines is 10. The Bertz CT molecular complexity index is 2480. The summed E-state index contributed by atoms with van der Waals surface area (Å²) in [7, 11) is 0. The van der Waals surface area contributed by atoms with Crippen LogP contribution < -0.4 is 19.6 Å². The van der Waals surface area contributed by atoms with Gasteiger partial charge in [0.25, 0.3) is 0 Å². The third-order valence-corrected chi connectivity index (χ3v) is 10.5. The van der Waals surface area contributed by atoms with E-state index >= 15 is 0 Å². The van der Waals surface area contributed by atoms with Crippen LogP contribution in [0.15, 0.2) is 254 Å². The summed E-state index contributed by atoms with van der Waals surface area (Å²) in [6.07, 6.45) is 3.93. The molecule has 0 heterocycles. The normalized spacial score (nSPS) is 12.3. The molecule has 0 spiro atoms. The quantitative estimate of drug-likeness (QED) is 0.121. The van der Waals surface area contributed by atoms with Crippen LogP contribution in [0.3, 0.4) is 0 Å². The largest absolute Gasteiger partial charge is 0.311 e. The Balaban J connectivity index is 1.10. The lowest BCUT2D eigenvalue weighted by atomic mass is 9.98. The second-order valence-electron chi connectivity index (χ2n) is 14.2. The van der Waals surface area contributed by atoms with E-state index in [-0.39, 0.29) is 11.4 Å². The lowest BCUT2D eigenvalue weighted by molar-refractivity contribution is 1.18. The molecule has 0 unspecified atom stereocenters. The highest BCUT2D eigenvalue weighted by Gasteiger charge is 2.30. The molecule has 0 aromatic heterocycles. The molecular weight excluding hydrogens is 733 g/mol. The SMILES string of the molecule is N=C1C(=N)C(N(c2ccccc2)c2ccc(N(c3ccccc3)c3ccccc3)cc2)=CC=C1N(c1ccccc1)c1ccc(N(c2ccccc2)c2ccccc2)cc1. The molecule has 0 amide bonds. The number of nitrogens with one attached hydrogen (secondary N) is 2. The third kappa shape index (κ3) is 7.61. The summed E-state index contributed by atoms with van der Waals surface area (Å²) >= 11 is 0. The molecule has 0 fully saturated rings. The molecule has 0 aliphatic heterocycles. The lowest BCUT2D eigenvalue weighted by Crippen LogP contribution is -2.35. The second-order valence-corrected chi connectivity index (χ2v) is 14.2. The van der Waals surface area contributed by atoms with Crippen LogP contribution in [0.25, 0.3) is 0 Å². The Morgan fingerprint density at radius 2 is 0.367 bits per heavy atom. The molecule has 8 aromatic carbocycles. The molecule has 0 saturated heterocycles. The first kappa shape index (κ1) is 37.4. The van der Waals surface area contributed by atoms with E-state index in [1.807, 2.05) is 146 Å². The summed E-state index contributed by atoms with van der Waals surface area (Å²) in [6.45, 7) is 0. The minimum atomic E-state index is 0.118. The van der Waals surface area contributed by atoms with Gasteiger partial charge in [0, 0.05) is 56.9 Å². The molecule has 288 valence electrons. The summed E-state index contributed by atoms with van der Waals surface area (Å²) in [6, 6.07) is 78.3. The van der Waals surface area contributed by atoms with Gasteiger partial charge in [-0.3, -0.25) is 10.8 Å². The topological polar surface area (TPSA) is 60.7 Å². The van der Waals surface area contributed by atoms with Crippen molar-refractivity contribution in [2.24, 2.45) is 0 Å².